The minimum absolute atomic E-state index is 0.123. The molecule has 1 atom stereocenters. The summed E-state index contributed by atoms with van der Waals surface area (Å²) >= 11 is 0. The number of allylic oxidation sites excluding steroid dienone is 3. The van der Waals surface area contributed by atoms with Gasteiger partial charge in [0.25, 0.3) is 0 Å². The molecular formula is C12H18O2. The second-order valence-electron chi connectivity index (χ2n) is 4.69. The Morgan fingerprint density at radius 2 is 2.29 bits per heavy atom. The first-order chi connectivity index (χ1) is 6.42. The summed E-state index contributed by atoms with van der Waals surface area (Å²) in [5.41, 5.74) is 1.28. The van der Waals surface area contributed by atoms with Crippen LogP contribution < -0.4 is 0 Å². The van der Waals surface area contributed by atoms with E-state index in [9.17, 15) is 4.79 Å². The largest absolute Gasteiger partial charge is 0.478 e. The fourth-order valence-corrected chi connectivity index (χ4v) is 1.79. The van der Waals surface area contributed by atoms with Gasteiger partial charge in [-0.15, -0.1) is 0 Å². The maximum Gasteiger partial charge on any atom is 0.328 e. The van der Waals surface area contributed by atoms with Crippen molar-refractivity contribution in [1.82, 2.24) is 0 Å². The van der Waals surface area contributed by atoms with Crippen molar-refractivity contribution >= 4 is 5.97 Å². The summed E-state index contributed by atoms with van der Waals surface area (Å²) in [6.45, 7) is 6.50. The average molecular weight is 194 g/mol. The standard InChI is InChI=1S/C12H18O2/c1-9-6-7-12(2,3)10(8-9)4-5-11(13)14/h4-5,8-9H,6-7H2,1-3H3,(H,13,14). The van der Waals surface area contributed by atoms with Crippen LogP contribution in [0.2, 0.25) is 0 Å². The number of rotatable bonds is 2. The molecule has 0 saturated heterocycles. The Morgan fingerprint density at radius 3 is 2.86 bits per heavy atom. The van der Waals surface area contributed by atoms with Gasteiger partial charge >= 0.3 is 5.97 Å². The number of aliphatic carboxylic acids is 1. The van der Waals surface area contributed by atoms with Crippen molar-refractivity contribution in [3.05, 3.63) is 23.8 Å². The van der Waals surface area contributed by atoms with E-state index in [1.807, 2.05) is 0 Å². The zero-order chi connectivity index (χ0) is 10.8. The highest BCUT2D eigenvalue weighted by atomic mass is 16.4. The highest BCUT2D eigenvalue weighted by Gasteiger charge is 2.26. The average Bonchev–Trinajstić information content (AvgIpc) is 2.07. The second-order valence-corrected chi connectivity index (χ2v) is 4.69. The van der Waals surface area contributed by atoms with Gasteiger partial charge in [-0.25, -0.2) is 4.79 Å². The van der Waals surface area contributed by atoms with Gasteiger partial charge in [0.05, 0.1) is 0 Å². The molecule has 0 saturated carbocycles. The Labute approximate surface area is 85.3 Å². The maximum absolute atomic E-state index is 10.4. The van der Waals surface area contributed by atoms with Crippen molar-refractivity contribution in [3.63, 3.8) is 0 Å². The van der Waals surface area contributed by atoms with E-state index >= 15 is 0 Å². The molecular weight excluding hydrogens is 176 g/mol. The number of hydrogen-bond acceptors (Lipinski definition) is 1. The van der Waals surface area contributed by atoms with Gasteiger partial charge in [-0.05, 0) is 29.7 Å². The van der Waals surface area contributed by atoms with E-state index in [0.29, 0.717) is 5.92 Å². The molecule has 0 heterocycles. The van der Waals surface area contributed by atoms with Crippen molar-refractivity contribution in [1.29, 1.82) is 0 Å². The molecule has 2 heteroatoms. The quantitative estimate of drug-likeness (QED) is 0.686. The Kier molecular flexibility index (Phi) is 3.14. The summed E-state index contributed by atoms with van der Waals surface area (Å²) in [7, 11) is 0. The van der Waals surface area contributed by atoms with E-state index in [-0.39, 0.29) is 5.41 Å². The first-order valence-electron chi connectivity index (χ1n) is 5.05. The minimum atomic E-state index is -0.875. The van der Waals surface area contributed by atoms with Crippen LogP contribution in [0.1, 0.15) is 33.6 Å². The molecule has 1 aliphatic rings. The monoisotopic (exact) mass is 194 g/mol. The fraction of sp³-hybridized carbons (Fsp3) is 0.583. The van der Waals surface area contributed by atoms with Crippen molar-refractivity contribution < 1.29 is 9.90 Å². The van der Waals surface area contributed by atoms with E-state index in [0.717, 1.165) is 12.0 Å². The van der Waals surface area contributed by atoms with Gasteiger partial charge in [0.15, 0.2) is 0 Å². The lowest BCUT2D eigenvalue weighted by atomic mass is 9.73. The highest BCUT2D eigenvalue weighted by Crippen LogP contribution is 2.39. The molecule has 0 amide bonds. The van der Waals surface area contributed by atoms with Crippen LogP contribution in [-0.2, 0) is 4.79 Å². The Bertz CT molecular complexity index is 285. The molecule has 1 N–H and O–H groups in total. The molecule has 78 valence electrons. The molecule has 0 aromatic rings. The van der Waals surface area contributed by atoms with Crippen molar-refractivity contribution in [2.24, 2.45) is 11.3 Å². The predicted octanol–water partition coefficient (Wildman–Crippen LogP) is 3.01. The third-order valence-corrected chi connectivity index (χ3v) is 2.88. The van der Waals surface area contributed by atoms with Gasteiger partial charge in [-0.1, -0.05) is 32.9 Å². The number of carboxylic acid groups (broad SMARTS) is 1. The summed E-state index contributed by atoms with van der Waals surface area (Å²) in [6, 6.07) is 0. The lowest BCUT2D eigenvalue weighted by Crippen LogP contribution is -2.20. The van der Waals surface area contributed by atoms with Crippen LogP contribution in [0.25, 0.3) is 0 Å². The molecule has 1 rings (SSSR count). The fourth-order valence-electron chi connectivity index (χ4n) is 1.79. The number of hydrogen-bond donors (Lipinski definition) is 1. The molecule has 14 heavy (non-hydrogen) atoms. The molecule has 0 radical (unpaired) electrons. The van der Waals surface area contributed by atoms with Crippen LogP contribution in [0.3, 0.4) is 0 Å². The first kappa shape index (κ1) is 11.0. The molecule has 0 aromatic heterocycles. The van der Waals surface area contributed by atoms with Gasteiger partial charge in [-0.2, -0.15) is 0 Å². The predicted molar refractivity (Wildman–Crippen MR) is 57.0 cm³/mol. The van der Waals surface area contributed by atoms with Crippen LogP contribution in [0.4, 0.5) is 0 Å². The molecule has 0 fully saturated rings. The third kappa shape index (κ3) is 2.72. The van der Waals surface area contributed by atoms with E-state index in [4.69, 9.17) is 5.11 Å². The Hall–Kier alpha value is -1.05. The van der Waals surface area contributed by atoms with E-state index < -0.39 is 5.97 Å². The lowest BCUT2D eigenvalue weighted by Gasteiger charge is -2.32. The van der Waals surface area contributed by atoms with E-state index in [1.165, 1.54) is 12.5 Å². The van der Waals surface area contributed by atoms with Gasteiger partial charge < -0.3 is 5.11 Å². The van der Waals surface area contributed by atoms with Crippen LogP contribution in [0.15, 0.2) is 23.8 Å². The maximum atomic E-state index is 10.4. The molecule has 0 bridgehead atoms. The van der Waals surface area contributed by atoms with E-state index in [2.05, 4.69) is 26.8 Å². The summed E-state index contributed by atoms with van der Waals surface area (Å²) in [5.74, 6) is -0.309. The normalized spacial score (nSPS) is 26.2. The molecule has 0 aromatic carbocycles. The topological polar surface area (TPSA) is 37.3 Å². The molecule has 1 unspecified atom stereocenters. The van der Waals surface area contributed by atoms with Crippen LogP contribution in [0.5, 0.6) is 0 Å². The van der Waals surface area contributed by atoms with Crippen molar-refractivity contribution in [2.45, 2.75) is 33.6 Å². The van der Waals surface area contributed by atoms with Crippen LogP contribution in [-0.4, -0.2) is 11.1 Å². The summed E-state index contributed by atoms with van der Waals surface area (Å²) in [5, 5.41) is 8.57. The van der Waals surface area contributed by atoms with Gasteiger partial charge in [0.1, 0.15) is 0 Å². The highest BCUT2D eigenvalue weighted by molar-refractivity contribution is 5.80. The van der Waals surface area contributed by atoms with Crippen LogP contribution >= 0.6 is 0 Å². The number of carboxylic acids is 1. The third-order valence-electron chi connectivity index (χ3n) is 2.88. The van der Waals surface area contributed by atoms with Crippen LogP contribution in [0, 0.1) is 11.3 Å². The molecule has 1 aliphatic carbocycles. The smallest absolute Gasteiger partial charge is 0.328 e. The zero-order valence-corrected chi connectivity index (χ0v) is 9.08. The summed E-state index contributed by atoms with van der Waals surface area (Å²) in [4.78, 5) is 10.4. The summed E-state index contributed by atoms with van der Waals surface area (Å²) < 4.78 is 0. The molecule has 0 aliphatic heterocycles. The van der Waals surface area contributed by atoms with Crippen molar-refractivity contribution in [2.75, 3.05) is 0 Å². The van der Waals surface area contributed by atoms with Gasteiger partial charge in [0, 0.05) is 6.08 Å². The SMILES string of the molecule is CC1C=C(C=CC(=O)O)C(C)(C)CC1. The van der Waals surface area contributed by atoms with Crippen molar-refractivity contribution in [3.8, 4) is 0 Å². The Balaban J connectivity index is 2.87. The first-order valence-corrected chi connectivity index (χ1v) is 5.05. The lowest BCUT2D eigenvalue weighted by molar-refractivity contribution is -0.131. The van der Waals surface area contributed by atoms with Gasteiger partial charge in [0.2, 0.25) is 0 Å². The number of carbonyl (C=O) groups is 1. The van der Waals surface area contributed by atoms with Gasteiger partial charge in [-0.3, -0.25) is 0 Å². The van der Waals surface area contributed by atoms with E-state index in [1.54, 1.807) is 6.08 Å². The minimum Gasteiger partial charge on any atom is -0.478 e. The Morgan fingerprint density at radius 1 is 1.64 bits per heavy atom. The zero-order valence-electron chi connectivity index (χ0n) is 9.08. The second kappa shape index (κ2) is 3.99. The molecule has 0 spiro atoms. The summed E-state index contributed by atoms with van der Waals surface area (Å²) in [6.07, 6.45) is 7.47. The molecule has 2 nitrogen and oxygen atoms in total.